The van der Waals surface area contributed by atoms with Gasteiger partial charge in [-0.25, -0.2) is 4.98 Å². The van der Waals surface area contributed by atoms with Crippen molar-refractivity contribution in [3.63, 3.8) is 0 Å². The van der Waals surface area contributed by atoms with E-state index in [4.69, 9.17) is 10.5 Å². The van der Waals surface area contributed by atoms with E-state index in [1.807, 2.05) is 24.3 Å². The number of methoxy groups -OCH3 is 1. The molecule has 2 aromatic rings. The van der Waals surface area contributed by atoms with Crippen LogP contribution in [0.25, 0.3) is 0 Å². The molecule has 1 aromatic carbocycles. The Hall–Kier alpha value is -2.83. The van der Waals surface area contributed by atoms with Gasteiger partial charge in [-0.15, -0.1) is 0 Å². The second kappa shape index (κ2) is 5.87. The number of primary amides is 1. The maximum Gasteiger partial charge on any atom is 0.254 e. The third-order valence-electron chi connectivity index (χ3n) is 2.64. The molecular weight excluding hydrogens is 258 g/mol. The van der Waals surface area contributed by atoms with Crippen LogP contribution in [0.2, 0.25) is 0 Å². The fourth-order valence-corrected chi connectivity index (χ4v) is 1.62. The predicted molar refractivity (Wildman–Crippen MR) is 76.4 cm³/mol. The first-order valence-electron chi connectivity index (χ1n) is 5.89. The van der Waals surface area contributed by atoms with E-state index in [1.165, 1.54) is 6.20 Å². The highest BCUT2D eigenvalue weighted by Gasteiger charge is 2.10. The normalized spacial score (nSPS) is 9.90. The molecule has 0 atom stereocenters. The minimum absolute atomic E-state index is 0.243. The van der Waals surface area contributed by atoms with E-state index >= 15 is 0 Å². The fraction of sp³-hybridized carbons (Fsp3) is 0.154. The van der Waals surface area contributed by atoms with Gasteiger partial charge in [-0.2, -0.15) is 4.98 Å². The molecule has 2 rings (SSSR count). The Kier molecular flexibility index (Phi) is 3.99. The van der Waals surface area contributed by atoms with Crippen molar-refractivity contribution in [3.05, 3.63) is 36.0 Å². The van der Waals surface area contributed by atoms with Crippen molar-refractivity contribution in [1.82, 2.24) is 9.97 Å². The highest BCUT2D eigenvalue weighted by molar-refractivity contribution is 5.97. The monoisotopic (exact) mass is 273 g/mol. The second-order valence-corrected chi connectivity index (χ2v) is 3.92. The summed E-state index contributed by atoms with van der Waals surface area (Å²) in [7, 11) is 3.26. The van der Waals surface area contributed by atoms with Crippen LogP contribution in [0.1, 0.15) is 10.4 Å². The average Bonchev–Trinajstić information content (AvgIpc) is 2.47. The number of nitrogens with two attached hydrogens (primary N) is 1. The van der Waals surface area contributed by atoms with Gasteiger partial charge in [-0.3, -0.25) is 4.79 Å². The zero-order chi connectivity index (χ0) is 14.5. The number of benzene rings is 1. The van der Waals surface area contributed by atoms with Crippen LogP contribution < -0.4 is 21.1 Å². The Bertz CT molecular complexity index is 613. The summed E-state index contributed by atoms with van der Waals surface area (Å²) < 4.78 is 5.08. The Morgan fingerprint density at radius 3 is 2.55 bits per heavy atom. The molecule has 20 heavy (non-hydrogen) atoms. The topological polar surface area (TPSA) is 102 Å². The van der Waals surface area contributed by atoms with Gasteiger partial charge in [-0.1, -0.05) is 0 Å². The number of carbonyl (C=O) groups excluding carboxylic acids is 1. The molecule has 0 spiro atoms. The summed E-state index contributed by atoms with van der Waals surface area (Å²) in [5.74, 6) is 0.926. The summed E-state index contributed by atoms with van der Waals surface area (Å²) in [6, 6.07) is 7.31. The maximum atomic E-state index is 11.2. The molecule has 0 radical (unpaired) electrons. The minimum Gasteiger partial charge on any atom is -0.497 e. The third kappa shape index (κ3) is 2.94. The summed E-state index contributed by atoms with van der Waals surface area (Å²) in [4.78, 5) is 19.4. The van der Waals surface area contributed by atoms with Crippen LogP contribution in [0.5, 0.6) is 5.75 Å². The van der Waals surface area contributed by atoms with Crippen molar-refractivity contribution in [2.24, 2.45) is 5.73 Å². The van der Waals surface area contributed by atoms with Crippen molar-refractivity contribution in [2.45, 2.75) is 0 Å². The van der Waals surface area contributed by atoms with Crippen LogP contribution in [-0.2, 0) is 0 Å². The summed E-state index contributed by atoms with van der Waals surface area (Å²) in [5.41, 5.74) is 6.28. The van der Waals surface area contributed by atoms with Gasteiger partial charge < -0.3 is 21.1 Å². The molecule has 0 aliphatic rings. The van der Waals surface area contributed by atoms with Crippen molar-refractivity contribution in [2.75, 3.05) is 24.8 Å². The van der Waals surface area contributed by atoms with E-state index in [0.29, 0.717) is 11.8 Å². The molecule has 7 heteroatoms. The predicted octanol–water partition coefficient (Wildman–Crippen LogP) is 1.37. The van der Waals surface area contributed by atoms with Crippen LogP contribution >= 0.6 is 0 Å². The lowest BCUT2D eigenvalue weighted by atomic mass is 10.3. The van der Waals surface area contributed by atoms with Crippen LogP contribution in [0.15, 0.2) is 30.5 Å². The first-order valence-corrected chi connectivity index (χ1v) is 5.89. The quantitative estimate of drug-likeness (QED) is 0.760. The summed E-state index contributed by atoms with van der Waals surface area (Å²) in [5, 5.41) is 5.84. The van der Waals surface area contributed by atoms with Crippen LogP contribution in [0.4, 0.5) is 17.5 Å². The van der Waals surface area contributed by atoms with Crippen molar-refractivity contribution < 1.29 is 9.53 Å². The maximum absolute atomic E-state index is 11.2. The molecule has 0 aliphatic heterocycles. The van der Waals surface area contributed by atoms with Gasteiger partial charge in [0.1, 0.15) is 11.6 Å². The number of carbonyl (C=O) groups is 1. The molecule has 0 unspecified atom stereocenters. The number of anilines is 3. The zero-order valence-electron chi connectivity index (χ0n) is 11.2. The van der Waals surface area contributed by atoms with Gasteiger partial charge in [0.05, 0.1) is 12.7 Å². The lowest BCUT2D eigenvalue weighted by molar-refractivity contribution is 0.100. The van der Waals surface area contributed by atoms with Crippen molar-refractivity contribution in [1.29, 1.82) is 0 Å². The lowest BCUT2D eigenvalue weighted by Gasteiger charge is -2.09. The molecule has 104 valence electrons. The highest BCUT2D eigenvalue weighted by atomic mass is 16.5. The first-order chi connectivity index (χ1) is 9.63. The molecule has 0 fully saturated rings. The summed E-state index contributed by atoms with van der Waals surface area (Å²) in [6.45, 7) is 0. The van der Waals surface area contributed by atoms with E-state index in [-0.39, 0.29) is 5.56 Å². The van der Waals surface area contributed by atoms with Crippen LogP contribution in [0, 0.1) is 0 Å². The highest BCUT2D eigenvalue weighted by Crippen LogP contribution is 2.19. The molecule has 1 aromatic heterocycles. The zero-order valence-corrected chi connectivity index (χ0v) is 11.2. The molecular formula is C13H15N5O2. The van der Waals surface area contributed by atoms with Crippen molar-refractivity contribution in [3.8, 4) is 5.75 Å². The summed E-state index contributed by atoms with van der Waals surface area (Å²) in [6.07, 6.45) is 1.38. The molecule has 0 bridgehead atoms. The van der Waals surface area contributed by atoms with Gasteiger partial charge in [-0.05, 0) is 24.3 Å². The third-order valence-corrected chi connectivity index (χ3v) is 2.64. The Balaban J connectivity index is 2.22. The minimum atomic E-state index is -0.578. The molecule has 4 N–H and O–H groups in total. The number of ether oxygens (including phenoxy) is 1. The van der Waals surface area contributed by atoms with Gasteiger partial charge in [0, 0.05) is 18.9 Å². The average molecular weight is 273 g/mol. The number of amides is 1. The number of aromatic nitrogens is 2. The Morgan fingerprint density at radius 2 is 2.00 bits per heavy atom. The molecule has 1 heterocycles. The first kappa shape index (κ1) is 13.6. The summed E-state index contributed by atoms with van der Waals surface area (Å²) >= 11 is 0. The SMILES string of the molecule is CNc1nc(Nc2ccc(OC)cc2)ncc1C(N)=O. The van der Waals surface area contributed by atoms with Gasteiger partial charge in [0.15, 0.2) is 0 Å². The molecule has 1 amide bonds. The number of hydrogen-bond donors (Lipinski definition) is 3. The van der Waals surface area contributed by atoms with Crippen LogP contribution in [0.3, 0.4) is 0 Å². The fourth-order valence-electron chi connectivity index (χ4n) is 1.62. The molecule has 0 saturated heterocycles. The van der Waals surface area contributed by atoms with E-state index in [1.54, 1.807) is 14.2 Å². The van der Waals surface area contributed by atoms with E-state index in [2.05, 4.69) is 20.6 Å². The van der Waals surface area contributed by atoms with E-state index < -0.39 is 5.91 Å². The smallest absolute Gasteiger partial charge is 0.254 e. The largest absolute Gasteiger partial charge is 0.497 e. The van der Waals surface area contributed by atoms with Crippen LogP contribution in [-0.4, -0.2) is 30.0 Å². The van der Waals surface area contributed by atoms with E-state index in [9.17, 15) is 4.79 Å². The number of nitrogens with one attached hydrogen (secondary N) is 2. The number of rotatable bonds is 5. The number of nitrogens with zero attached hydrogens (tertiary/aromatic N) is 2. The Morgan fingerprint density at radius 1 is 1.30 bits per heavy atom. The lowest BCUT2D eigenvalue weighted by Crippen LogP contribution is -2.15. The van der Waals surface area contributed by atoms with Gasteiger partial charge in [0.2, 0.25) is 5.95 Å². The van der Waals surface area contributed by atoms with Gasteiger partial charge >= 0.3 is 0 Å². The Labute approximate surface area is 116 Å². The molecule has 0 aliphatic carbocycles. The van der Waals surface area contributed by atoms with Crippen molar-refractivity contribution >= 4 is 23.4 Å². The number of hydrogen-bond acceptors (Lipinski definition) is 6. The van der Waals surface area contributed by atoms with Gasteiger partial charge in [0.25, 0.3) is 5.91 Å². The standard InChI is InChI=1S/C13H15N5O2/c1-15-12-10(11(14)19)7-16-13(18-12)17-8-3-5-9(20-2)6-4-8/h3-7H,1-2H3,(H2,14,19)(H2,15,16,17,18). The molecule has 0 saturated carbocycles. The second-order valence-electron chi connectivity index (χ2n) is 3.92. The van der Waals surface area contributed by atoms with E-state index in [0.717, 1.165) is 11.4 Å². The molecule has 7 nitrogen and oxygen atoms in total.